The number of aromatic nitrogens is 1. The van der Waals surface area contributed by atoms with Crippen LogP contribution in [0.1, 0.15) is 37.0 Å². The van der Waals surface area contributed by atoms with Gasteiger partial charge in [0.05, 0.1) is 5.41 Å². The first-order chi connectivity index (χ1) is 9.52. The first-order valence-corrected chi connectivity index (χ1v) is 7.54. The van der Waals surface area contributed by atoms with Crippen LogP contribution in [0.2, 0.25) is 0 Å². The molecule has 0 aliphatic heterocycles. The molecule has 7 heteroatoms. The summed E-state index contributed by atoms with van der Waals surface area (Å²) in [5.74, 6) is -0.817. The van der Waals surface area contributed by atoms with E-state index in [-0.39, 0.29) is 6.54 Å². The molecule has 110 valence electrons. The van der Waals surface area contributed by atoms with Crippen LogP contribution in [0.4, 0.5) is 9.93 Å². The van der Waals surface area contributed by atoms with Crippen molar-refractivity contribution in [3.05, 3.63) is 11.1 Å². The van der Waals surface area contributed by atoms with E-state index in [1.807, 2.05) is 6.92 Å². The van der Waals surface area contributed by atoms with Crippen LogP contribution in [0.3, 0.4) is 0 Å². The molecule has 0 aromatic carbocycles. The quantitative estimate of drug-likeness (QED) is 0.796. The summed E-state index contributed by atoms with van der Waals surface area (Å²) < 4.78 is 0. The van der Waals surface area contributed by atoms with E-state index in [1.165, 1.54) is 11.3 Å². The lowest BCUT2D eigenvalue weighted by Gasteiger charge is -2.33. The lowest BCUT2D eigenvalue weighted by Crippen LogP contribution is -2.45. The highest BCUT2D eigenvalue weighted by molar-refractivity contribution is 7.15. The van der Waals surface area contributed by atoms with Crippen LogP contribution < -0.4 is 10.6 Å². The third-order valence-corrected chi connectivity index (χ3v) is 4.52. The summed E-state index contributed by atoms with van der Waals surface area (Å²) in [5.41, 5.74) is -0.811. The number of amides is 2. The fourth-order valence-corrected chi connectivity index (χ4v) is 3.16. The molecule has 1 aromatic rings. The van der Waals surface area contributed by atoms with Crippen molar-refractivity contribution in [3.8, 4) is 0 Å². The number of aryl methyl sites for hydroxylation is 1. The molecule has 20 heavy (non-hydrogen) atoms. The van der Waals surface area contributed by atoms with Crippen LogP contribution in [-0.4, -0.2) is 28.6 Å². The zero-order valence-electron chi connectivity index (χ0n) is 11.4. The van der Waals surface area contributed by atoms with Crippen molar-refractivity contribution in [1.82, 2.24) is 10.3 Å². The first kappa shape index (κ1) is 14.8. The van der Waals surface area contributed by atoms with Gasteiger partial charge in [-0.25, -0.2) is 9.78 Å². The van der Waals surface area contributed by atoms with Crippen molar-refractivity contribution >= 4 is 28.5 Å². The average Bonchev–Trinajstić information content (AvgIpc) is 2.83. The third-order valence-electron chi connectivity index (χ3n) is 3.69. The smallest absolute Gasteiger partial charge is 0.321 e. The zero-order chi connectivity index (χ0) is 14.6. The standard InChI is InChI=1S/C13H19N3O3S/c1-9-7-14-12(20-9)16-11(19)15-8-13(10(17)18)5-3-2-4-6-13/h7H,2-6,8H2,1H3,(H,17,18)(H2,14,15,16,19). The average molecular weight is 297 g/mol. The van der Waals surface area contributed by atoms with Gasteiger partial charge in [0.1, 0.15) is 0 Å². The molecular formula is C13H19N3O3S. The predicted molar refractivity (Wildman–Crippen MR) is 77.0 cm³/mol. The molecule has 0 bridgehead atoms. The summed E-state index contributed by atoms with van der Waals surface area (Å²) >= 11 is 1.38. The molecule has 0 radical (unpaired) electrons. The van der Waals surface area contributed by atoms with Crippen LogP contribution in [-0.2, 0) is 4.79 Å². The second-order valence-corrected chi connectivity index (χ2v) is 6.46. The van der Waals surface area contributed by atoms with Crippen molar-refractivity contribution in [3.63, 3.8) is 0 Å². The number of carboxylic acid groups (broad SMARTS) is 1. The van der Waals surface area contributed by atoms with Crippen molar-refractivity contribution in [1.29, 1.82) is 0 Å². The fraction of sp³-hybridized carbons (Fsp3) is 0.615. The molecule has 1 aliphatic rings. The lowest BCUT2D eigenvalue weighted by atomic mass is 9.74. The molecule has 2 rings (SSSR count). The lowest BCUT2D eigenvalue weighted by molar-refractivity contribution is -0.150. The minimum atomic E-state index is -0.817. The highest BCUT2D eigenvalue weighted by atomic mass is 32.1. The number of urea groups is 1. The Bertz CT molecular complexity index is 495. The fourth-order valence-electron chi connectivity index (χ4n) is 2.50. The number of rotatable bonds is 4. The van der Waals surface area contributed by atoms with E-state index < -0.39 is 17.4 Å². The predicted octanol–water partition coefficient (Wildman–Crippen LogP) is 2.61. The molecule has 0 spiro atoms. The summed E-state index contributed by atoms with van der Waals surface area (Å²) in [5, 5.41) is 15.2. The SMILES string of the molecule is Cc1cnc(NC(=O)NCC2(C(=O)O)CCCCC2)s1. The van der Waals surface area contributed by atoms with Crippen molar-refractivity contribution < 1.29 is 14.7 Å². The second-order valence-electron chi connectivity index (χ2n) is 5.23. The molecule has 0 saturated heterocycles. The Hall–Kier alpha value is -1.63. The Labute approximate surface area is 121 Å². The van der Waals surface area contributed by atoms with Gasteiger partial charge in [0.15, 0.2) is 5.13 Å². The van der Waals surface area contributed by atoms with E-state index in [0.29, 0.717) is 18.0 Å². The molecule has 2 amide bonds. The molecule has 1 saturated carbocycles. The Morgan fingerprint density at radius 3 is 2.65 bits per heavy atom. The molecule has 1 fully saturated rings. The molecule has 1 heterocycles. The Kier molecular flexibility index (Phi) is 4.59. The zero-order valence-corrected chi connectivity index (χ0v) is 12.3. The highest BCUT2D eigenvalue weighted by Gasteiger charge is 2.39. The van der Waals surface area contributed by atoms with Crippen LogP contribution in [0.25, 0.3) is 0 Å². The summed E-state index contributed by atoms with van der Waals surface area (Å²) in [6.07, 6.45) is 5.81. The summed E-state index contributed by atoms with van der Waals surface area (Å²) in [6, 6.07) is -0.398. The number of hydrogen-bond donors (Lipinski definition) is 3. The van der Waals surface area contributed by atoms with Gasteiger partial charge in [0.2, 0.25) is 0 Å². The van der Waals surface area contributed by atoms with Gasteiger partial charge < -0.3 is 10.4 Å². The van der Waals surface area contributed by atoms with Crippen molar-refractivity contribution in [2.45, 2.75) is 39.0 Å². The molecule has 1 aliphatic carbocycles. The van der Waals surface area contributed by atoms with Gasteiger partial charge in [-0.15, -0.1) is 11.3 Å². The third kappa shape index (κ3) is 3.47. The molecule has 1 aromatic heterocycles. The van der Waals surface area contributed by atoms with Crippen LogP contribution >= 0.6 is 11.3 Å². The van der Waals surface area contributed by atoms with Gasteiger partial charge in [-0.3, -0.25) is 10.1 Å². The van der Waals surface area contributed by atoms with E-state index in [0.717, 1.165) is 24.1 Å². The molecule has 0 atom stereocenters. The number of nitrogens with one attached hydrogen (secondary N) is 2. The van der Waals surface area contributed by atoms with E-state index in [9.17, 15) is 14.7 Å². The number of hydrogen-bond acceptors (Lipinski definition) is 4. The largest absolute Gasteiger partial charge is 0.481 e. The highest BCUT2D eigenvalue weighted by Crippen LogP contribution is 2.36. The number of thiazole rings is 1. The van der Waals surface area contributed by atoms with Gasteiger partial charge in [0.25, 0.3) is 0 Å². The van der Waals surface area contributed by atoms with Crippen LogP contribution in [0, 0.1) is 12.3 Å². The Balaban J connectivity index is 1.89. The number of carbonyl (C=O) groups is 2. The maximum Gasteiger partial charge on any atom is 0.321 e. The monoisotopic (exact) mass is 297 g/mol. The maximum absolute atomic E-state index is 11.8. The Morgan fingerprint density at radius 2 is 2.10 bits per heavy atom. The Morgan fingerprint density at radius 1 is 1.40 bits per heavy atom. The van der Waals surface area contributed by atoms with Gasteiger partial charge >= 0.3 is 12.0 Å². The van der Waals surface area contributed by atoms with Gasteiger partial charge in [-0.1, -0.05) is 19.3 Å². The maximum atomic E-state index is 11.8. The number of carboxylic acids is 1. The van der Waals surface area contributed by atoms with E-state index in [1.54, 1.807) is 6.20 Å². The first-order valence-electron chi connectivity index (χ1n) is 6.72. The van der Waals surface area contributed by atoms with E-state index in [2.05, 4.69) is 15.6 Å². The summed E-state index contributed by atoms with van der Waals surface area (Å²) in [7, 11) is 0. The van der Waals surface area contributed by atoms with Gasteiger partial charge in [-0.2, -0.15) is 0 Å². The summed E-state index contributed by atoms with van der Waals surface area (Å²) in [4.78, 5) is 28.3. The van der Waals surface area contributed by atoms with Crippen LogP contribution in [0.5, 0.6) is 0 Å². The molecule has 0 unspecified atom stereocenters. The minimum absolute atomic E-state index is 0.165. The minimum Gasteiger partial charge on any atom is -0.481 e. The topological polar surface area (TPSA) is 91.3 Å². The van der Waals surface area contributed by atoms with E-state index >= 15 is 0 Å². The normalized spacial score (nSPS) is 17.4. The van der Waals surface area contributed by atoms with Crippen molar-refractivity contribution in [2.75, 3.05) is 11.9 Å². The van der Waals surface area contributed by atoms with Crippen LogP contribution in [0.15, 0.2) is 6.20 Å². The number of carbonyl (C=O) groups excluding carboxylic acids is 1. The molecule has 3 N–H and O–H groups in total. The summed E-state index contributed by atoms with van der Waals surface area (Å²) in [6.45, 7) is 2.07. The molecular weight excluding hydrogens is 278 g/mol. The number of aliphatic carboxylic acids is 1. The number of anilines is 1. The van der Waals surface area contributed by atoms with Gasteiger partial charge in [0, 0.05) is 17.6 Å². The molecule has 6 nitrogen and oxygen atoms in total. The van der Waals surface area contributed by atoms with Gasteiger partial charge in [-0.05, 0) is 19.8 Å². The van der Waals surface area contributed by atoms with E-state index in [4.69, 9.17) is 0 Å². The number of nitrogens with zero attached hydrogens (tertiary/aromatic N) is 1. The van der Waals surface area contributed by atoms with Crippen molar-refractivity contribution in [2.24, 2.45) is 5.41 Å². The second kappa shape index (κ2) is 6.21.